The van der Waals surface area contributed by atoms with E-state index in [1.54, 1.807) is 13.0 Å². The highest BCUT2D eigenvalue weighted by molar-refractivity contribution is 5.98. The molecule has 0 radical (unpaired) electrons. The number of ether oxygens (including phenoxy) is 1. The van der Waals surface area contributed by atoms with Gasteiger partial charge in [0.15, 0.2) is 11.5 Å². The van der Waals surface area contributed by atoms with Gasteiger partial charge in [0.05, 0.1) is 18.7 Å². The average Bonchev–Trinajstić information content (AvgIpc) is 3.79. The van der Waals surface area contributed by atoms with Crippen LogP contribution in [0.25, 0.3) is 22.4 Å². The van der Waals surface area contributed by atoms with Crippen molar-refractivity contribution in [3.05, 3.63) is 41.4 Å². The summed E-state index contributed by atoms with van der Waals surface area (Å²) in [5.41, 5.74) is 4.72. The van der Waals surface area contributed by atoms with Gasteiger partial charge in [-0.25, -0.2) is 9.97 Å². The number of oxazole rings is 1. The molecule has 0 unspecified atom stereocenters. The Morgan fingerprint density at radius 2 is 1.95 bits per heavy atom. The van der Waals surface area contributed by atoms with E-state index in [2.05, 4.69) is 20.6 Å². The summed E-state index contributed by atoms with van der Waals surface area (Å²) in [5.74, 6) is -0.154. The third-order valence-electron chi connectivity index (χ3n) is 6.62. The van der Waals surface area contributed by atoms with E-state index in [1.165, 1.54) is 19.2 Å². The number of methoxy groups -OCH3 is 1. The number of fused-ring (bicyclic) bond motifs is 1. The maximum Gasteiger partial charge on any atom is 0.433 e. The van der Waals surface area contributed by atoms with E-state index in [4.69, 9.17) is 14.9 Å². The molecule has 4 N–H and O–H groups in total. The van der Waals surface area contributed by atoms with E-state index in [1.807, 2.05) is 0 Å². The lowest BCUT2D eigenvalue weighted by Gasteiger charge is -2.18. The number of benzene rings is 1. The van der Waals surface area contributed by atoms with E-state index in [0.29, 0.717) is 30.3 Å². The van der Waals surface area contributed by atoms with Gasteiger partial charge in [-0.2, -0.15) is 13.2 Å². The number of nitrogens with one attached hydrogen (secondary N) is 2. The van der Waals surface area contributed by atoms with E-state index in [0.717, 1.165) is 18.9 Å². The molecule has 2 aliphatic rings. The number of nitrogens with two attached hydrogens (primary N) is 1. The number of carbonyl (C=O) groups is 2. The lowest BCUT2D eigenvalue weighted by Crippen LogP contribution is -2.46. The molecule has 3 aromatic rings. The Balaban J connectivity index is 1.47. The summed E-state index contributed by atoms with van der Waals surface area (Å²) < 4.78 is 50.9. The Hall–Kier alpha value is -3.67. The molecule has 2 aliphatic carbocycles. The fourth-order valence-corrected chi connectivity index (χ4v) is 4.16. The lowest BCUT2D eigenvalue weighted by molar-refractivity contribution is -0.141. The third kappa shape index (κ3) is 4.97. The van der Waals surface area contributed by atoms with Gasteiger partial charge in [-0.15, -0.1) is 0 Å². The Kier molecular flexibility index (Phi) is 6.09. The van der Waals surface area contributed by atoms with Crippen molar-refractivity contribution >= 4 is 22.7 Å². The van der Waals surface area contributed by atoms with Gasteiger partial charge < -0.3 is 25.5 Å². The van der Waals surface area contributed by atoms with Crippen molar-refractivity contribution in [3.8, 4) is 17.2 Å². The second-order valence-electron chi connectivity index (χ2n) is 9.65. The van der Waals surface area contributed by atoms with Gasteiger partial charge in [0, 0.05) is 23.4 Å². The highest BCUT2D eigenvalue weighted by Crippen LogP contribution is 2.39. The molecule has 2 saturated carbocycles. The van der Waals surface area contributed by atoms with Crippen molar-refractivity contribution in [1.82, 2.24) is 20.6 Å². The van der Waals surface area contributed by atoms with Gasteiger partial charge in [0.1, 0.15) is 17.0 Å². The number of alkyl halides is 3. The zero-order valence-corrected chi connectivity index (χ0v) is 20.2. The van der Waals surface area contributed by atoms with Crippen molar-refractivity contribution in [3.63, 3.8) is 0 Å². The lowest BCUT2D eigenvalue weighted by atomic mass is 10.1. The van der Waals surface area contributed by atoms with Crippen molar-refractivity contribution < 1.29 is 31.9 Å². The summed E-state index contributed by atoms with van der Waals surface area (Å²) in [7, 11) is 1.33. The minimum atomic E-state index is -4.64. The average molecular weight is 518 g/mol. The maximum absolute atomic E-state index is 13.3. The minimum absolute atomic E-state index is 0.00538. The number of hydrogen-bond donors (Lipinski definition) is 3. The van der Waals surface area contributed by atoms with E-state index in [-0.39, 0.29) is 40.4 Å². The normalized spacial score (nSPS) is 17.4. The number of hydrogen-bond acceptors (Lipinski definition) is 7. The standard InChI is InChI=1S/C25H26F3N5O4/c1-12(29)20-19(22(35)33-24(9-10-24)11-30-21(34)13-3-4-13)32-23(37-20)15-5-7-16(36-2)18-14(15)6-8-17(31-18)25(26,27)28/h5-8,12-13H,3-4,9-11,29H2,1-2H3,(H,30,34)(H,33,35)/t12-/m0/s1. The molecular formula is C25H26F3N5O4. The summed E-state index contributed by atoms with van der Waals surface area (Å²) in [6, 6.07) is 4.47. The Labute approximate surface area is 210 Å². The number of halogens is 3. The highest BCUT2D eigenvalue weighted by atomic mass is 19.4. The van der Waals surface area contributed by atoms with Crippen LogP contribution in [0.3, 0.4) is 0 Å². The van der Waals surface area contributed by atoms with Crippen LogP contribution < -0.4 is 21.1 Å². The molecule has 0 aliphatic heterocycles. The molecule has 1 aromatic carbocycles. The first-order valence-corrected chi connectivity index (χ1v) is 11.9. The van der Waals surface area contributed by atoms with Crippen molar-refractivity contribution in [1.29, 1.82) is 0 Å². The summed E-state index contributed by atoms with van der Waals surface area (Å²) in [6.45, 7) is 1.95. The molecule has 2 heterocycles. The third-order valence-corrected chi connectivity index (χ3v) is 6.62. The summed E-state index contributed by atoms with van der Waals surface area (Å²) in [4.78, 5) is 33.4. The van der Waals surface area contributed by atoms with Crippen LogP contribution in [0.5, 0.6) is 5.75 Å². The molecule has 2 amide bonds. The first kappa shape index (κ1) is 25.0. The first-order chi connectivity index (χ1) is 17.5. The highest BCUT2D eigenvalue weighted by Gasteiger charge is 2.46. The van der Waals surface area contributed by atoms with Crippen LogP contribution >= 0.6 is 0 Å². The van der Waals surface area contributed by atoms with Crippen molar-refractivity contribution in [2.75, 3.05) is 13.7 Å². The molecule has 37 heavy (non-hydrogen) atoms. The van der Waals surface area contributed by atoms with Crippen LogP contribution in [0.2, 0.25) is 0 Å². The van der Waals surface area contributed by atoms with Crippen molar-refractivity contribution in [2.24, 2.45) is 11.7 Å². The molecule has 2 aromatic heterocycles. The van der Waals surface area contributed by atoms with Gasteiger partial charge in [-0.05, 0) is 56.9 Å². The summed E-state index contributed by atoms with van der Waals surface area (Å²) in [5, 5.41) is 6.15. The fraction of sp³-hybridized carbons (Fsp3) is 0.440. The van der Waals surface area contributed by atoms with E-state index in [9.17, 15) is 22.8 Å². The van der Waals surface area contributed by atoms with E-state index < -0.39 is 29.4 Å². The predicted octanol–water partition coefficient (Wildman–Crippen LogP) is 3.73. The monoisotopic (exact) mass is 517 g/mol. The molecule has 0 bridgehead atoms. The second kappa shape index (κ2) is 9.02. The quantitative estimate of drug-likeness (QED) is 0.415. The van der Waals surface area contributed by atoms with Crippen LogP contribution in [-0.2, 0) is 11.0 Å². The Bertz CT molecular complexity index is 1380. The smallest absolute Gasteiger partial charge is 0.433 e. The number of pyridine rings is 1. The molecule has 1 atom stereocenters. The Morgan fingerprint density at radius 1 is 1.22 bits per heavy atom. The van der Waals surface area contributed by atoms with Gasteiger partial charge in [-0.1, -0.05) is 0 Å². The van der Waals surface area contributed by atoms with Crippen LogP contribution in [0.15, 0.2) is 28.7 Å². The number of carbonyl (C=O) groups excluding carboxylic acids is 2. The molecule has 5 rings (SSSR count). The summed E-state index contributed by atoms with van der Waals surface area (Å²) >= 11 is 0. The number of aromatic nitrogens is 2. The van der Waals surface area contributed by atoms with Crippen LogP contribution in [0.1, 0.15) is 60.6 Å². The molecule has 2 fully saturated rings. The molecule has 0 saturated heterocycles. The molecule has 9 nitrogen and oxygen atoms in total. The second-order valence-corrected chi connectivity index (χ2v) is 9.65. The zero-order chi connectivity index (χ0) is 26.5. The van der Waals surface area contributed by atoms with Gasteiger partial charge in [0.25, 0.3) is 5.91 Å². The molecule has 196 valence electrons. The number of rotatable bonds is 8. The molecule has 12 heteroatoms. The van der Waals surface area contributed by atoms with Crippen LogP contribution in [-0.4, -0.2) is 41.0 Å². The molecule has 0 spiro atoms. The van der Waals surface area contributed by atoms with E-state index >= 15 is 0 Å². The first-order valence-electron chi connectivity index (χ1n) is 11.9. The fourth-order valence-electron chi connectivity index (χ4n) is 4.16. The predicted molar refractivity (Wildman–Crippen MR) is 127 cm³/mol. The largest absolute Gasteiger partial charge is 0.494 e. The topological polar surface area (TPSA) is 132 Å². The van der Waals surface area contributed by atoms with Crippen LogP contribution in [0, 0.1) is 5.92 Å². The minimum Gasteiger partial charge on any atom is -0.494 e. The van der Waals surface area contributed by atoms with Gasteiger partial charge in [-0.3, -0.25) is 9.59 Å². The maximum atomic E-state index is 13.3. The SMILES string of the molecule is COc1ccc(-c2nc(C(=O)NC3(CNC(=O)C4CC4)CC3)c([C@H](C)N)o2)c2ccc(C(F)(F)F)nc12. The summed E-state index contributed by atoms with van der Waals surface area (Å²) in [6.07, 6.45) is -1.45. The Morgan fingerprint density at radius 3 is 2.54 bits per heavy atom. The molecular weight excluding hydrogens is 491 g/mol. The van der Waals surface area contributed by atoms with Crippen molar-refractivity contribution in [2.45, 2.75) is 50.4 Å². The van der Waals surface area contributed by atoms with Crippen LogP contribution in [0.4, 0.5) is 13.2 Å². The zero-order valence-electron chi connectivity index (χ0n) is 20.2. The van der Waals surface area contributed by atoms with Gasteiger partial charge >= 0.3 is 6.18 Å². The van der Waals surface area contributed by atoms with Gasteiger partial charge in [0.2, 0.25) is 11.8 Å². The number of nitrogens with zero attached hydrogens (tertiary/aromatic N) is 2. The number of amides is 2.